The van der Waals surface area contributed by atoms with Crippen molar-refractivity contribution >= 4 is 17.7 Å². The fraction of sp³-hybridized carbons (Fsp3) is 0.423. The maximum atomic E-state index is 11.2. The van der Waals surface area contributed by atoms with Crippen molar-refractivity contribution in [2.24, 2.45) is 0 Å². The number of hydrogen-bond donors (Lipinski definition) is 3. The van der Waals surface area contributed by atoms with Crippen molar-refractivity contribution < 1.29 is 19.8 Å². The van der Waals surface area contributed by atoms with Gasteiger partial charge in [-0.15, -0.1) is 0 Å². The van der Waals surface area contributed by atoms with Gasteiger partial charge in [0.25, 0.3) is 5.91 Å². The summed E-state index contributed by atoms with van der Waals surface area (Å²) in [4.78, 5) is 16.0. The Kier molecular flexibility index (Phi) is 8.12. The lowest BCUT2D eigenvalue weighted by Gasteiger charge is -2.30. The first-order valence-corrected chi connectivity index (χ1v) is 11.7. The van der Waals surface area contributed by atoms with E-state index < -0.39 is 5.91 Å². The summed E-state index contributed by atoms with van der Waals surface area (Å²) in [5.74, 6) is -0.541. The molecule has 2 aromatic rings. The molecular formula is C26H33N3O4. The van der Waals surface area contributed by atoms with Crippen molar-refractivity contribution in [3.8, 4) is 0 Å². The first kappa shape index (κ1) is 23.4. The second kappa shape index (κ2) is 11.4. The standard InChI is InChI=1S/C26H33N3O4/c30-16-13-29(12-11-20-1-6-23(7-2-20)28-14-17-33-18-15-28)25-9-5-22-19-21(3-8-24(22)25)4-10-26(31)27-32/h1-4,6-8,10,19,25,30,32H,5,9,11-18H2,(H,27,31)/b10-4+. The lowest BCUT2D eigenvalue weighted by Crippen LogP contribution is -2.36. The van der Waals surface area contributed by atoms with E-state index in [0.717, 1.165) is 57.7 Å². The van der Waals surface area contributed by atoms with Crippen LogP contribution in [0, 0.1) is 0 Å². The third kappa shape index (κ3) is 6.00. The normalized spacial score (nSPS) is 18.2. The van der Waals surface area contributed by atoms with Crippen molar-refractivity contribution in [3.05, 3.63) is 70.8 Å². The van der Waals surface area contributed by atoms with Crippen molar-refractivity contribution in [2.45, 2.75) is 25.3 Å². The number of morpholine rings is 1. The van der Waals surface area contributed by atoms with Gasteiger partial charge in [0.05, 0.1) is 19.8 Å². The van der Waals surface area contributed by atoms with Crippen LogP contribution in [-0.2, 0) is 22.4 Å². The zero-order chi connectivity index (χ0) is 23.0. The van der Waals surface area contributed by atoms with Crippen LogP contribution >= 0.6 is 0 Å². The molecule has 2 aliphatic rings. The van der Waals surface area contributed by atoms with E-state index in [4.69, 9.17) is 9.94 Å². The van der Waals surface area contributed by atoms with Crippen LogP contribution in [0.1, 0.15) is 34.7 Å². The number of rotatable bonds is 9. The number of hydrogen-bond acceptors (Lipinski definition) is 6. The summed E-state index contributed by atoms with van der Waals surface area (Å²) < 4.78 is 5.44. The van der Waals surface area contributed by atoms with Crippen LogP contribution < -0.4 is 10.4 Å². The topological polar surface area (TPSA) is 85.3 Å². The number of nitrogens with one attached hydrogen (secondary N) is 1. The van der Waals surface area contributed by atoms with Crippen LogP contribution in [0.4, 0.5) is 5.69 Å². The largest absolute Gasteiger partial charge is 0.395 e. The van der Waals surface area contributed by atoms with E-state index in [-0.39, 0.29) is 6.61 Å². The molecule has 1 aliphatic carbocycles. The molecule has 0 spiro atoms. The number of ether oxygens (including phenoxy) is 1. The molecule has 0 saturated carbocycles. The van der Waals surface area contributed by atoms with Crippen molar-refractivity contribution in [1.29, 1.82) is 0 Å². The van der Waals surface area contributed by atoms with Gasteiger partial charge in [-0.25, -0.2) is 5.48 Å². The number of anilines is 1. The van der Waals surface area contributed by atoms with Gasteiger partial charge in [0.1, 0.15) is 0 Å². The molecule has 0 bridgehead atoms. The van der Waals surface area contributed by atoms with E-state index in [1.165, 1.54) is 28.5 Å². The van der Waals surface area contributed by atoms with Crippen LogP contribution in [0.2, 0.25) is 0 Å². The van der Waals surface area contributed by atoms with Crippen LogP contribution in [0.5, 0.6) is 0 Å². The molecule has 1 amide bonds. The summed E-state index contributed by atoms with van der Waals surface area (Å²) >= 11 is 0. The number of amides is 1. The van der Waals surface area contributed by atoms with E-state index >= 15 is 0 Å². The number of aliphatic hydroxyl groups is 1. The van der Waals surface area contributed by atoms with Crippen LogP contribution in [0.25, 0.3) is 6.08 Å². The Balaban J connectivity index is 1.39. The highest BCUT2D eigenvalue weighted by Gasteiger charge is 2.27. The Hall–Kier alpha value is -2.71. The average molecular weight is 452 g/mol. The van der Waals surface area contributed by atoms with E-state index in [1.54, 1.807) is 11.6 Å². The Bertz CT molecular complexity index is 955. The maximum Gasteiger partial charge on any atom is 0.267 e. The van der Waals surface area contributed by atoms with Crippen LogP contribution in [0.15, 0.2) is 48.5 Å². The van der Waals surface area contributed by atoms with Gasteiger partial charge in [-0.05, 0) is 59.7 Å². The lowest BCUT2D eigenvalue weighted by molar-refractivity contribution is -0.124. The molecule has 0 radical (unpaired) electrons. The van der Waals surface area contributed by atoms with Crippen molar-refractivity contribution in [1.82, 2.24) is 10.4 Å². The average Bonchev–Trinajstić information content (AvgIpc) is 3.29. The number of fused-ring (bicyclic) bond motifs is 1. The lowest BCUT2D eigenvalue weighted by atomic mass is 10.0. The Morgan fingerprint density at radius 2 is 1.94 bits per heavy atom. The van der Waals surface area contributed by atoms with Gasteiger partial charge in [-0.1, -0.05) is 30.3 Å². The number of carbonyl (C=O) groups excluding carboxylic acids is 1. The number of carbonyl (C=O) groups is 1. The summed E-state index contributed by atoms with van der Waals surface area (Å²) in [5.41, 5.74) is 7.68. The van der Waals surface area contributed by atoms with Crippen LogP contribution in [0.3, 0.4) is 0 Å². The summed E-state index contributed by atoms with van der Waals surface area (Å²) in [6.45, 7) is 5.13. The molecule has 3 N–H and O–H groups in total. The van der Waals surface area contributed by atoms with Crippen molar-refractivity contribution in [2.75, 3.05) is 50.9 Å². The van der Waals surface area contributed by atoms with Gasteiger partial charge in [0.2, 0.25) is 0 Å². The van der Waals surface area contributed by atoms with E-state index in [0.29, 0.717) is 12.6 Å². The first-order chi connectivity index (χ1) is 16.2. The highest BCUT2D eigenvalue weighted by atomic mass is 16.5. The predicted octanol–water partition coefficient (Wildman–Crippen LogP) is 2.57. The third-order valence-electron chi connectivity index (χ3n) is 6.58. The Morgan fingerprint density at radius 1 is 1.15 bits per heavy atom. The fourth-order valence-corrected chi connectivity index (χ4v) is 4.83. The molecular weight excluding hydrogens is 418 g/mol. The molecule has 7 heteroatoms. The number of aliphatic hydroxyl groups excluding tert-OH is 1. The number of aryl methyl sites for hydroxylation is 1. The molecule has 1 heterocycles. The van der Waals surface area contributed by atoms with Gasteiger partial charge in [0.15, 0.2) is 0 Å². The molecule has 1 fully saturated rings. The summed E-state index contributed by atoms with van der Waals surface area (Å²) in [6, 6.07) is 15.4. The third-order valence-corrected chi connectivity index (χ3v) is 6.58. The molecule has 1 atom stereocenters. The molecule has 7 nitrogen and oxygen atoms in total. The van der Waals surface area contributed by atoms with E-state index in [9.17, 15) is 9.90 Å². The molecule has 1 unspecified atom stereocenters. The quantitative estimate of drug-likeness (QED) is 0.309. The monoisotopic (exact) mass is 451 g/mol. The molecule has 4 rings (SSSR count). The summed E-state index contributed by atoms with van der Waals surface area (Å²) in [7, 11) is 0. The minimum absolute atomic E-state index is 0.138. The smallest absolute Gasteiger partial charge is 0.267 e. The van der Waals surface area contributed by atoms with Gasteiger partial charge < -0.3 is 14.7 Å². The maximum absolute atomic E-state index is 11.2. The van der Waals surface area contributed by atoms with Gasteiger partial charge in [-0.3, -0.25) is 14.9 Å². The second-order valence-corrected chi connectivity index (χ2v) is 8.60. The zero-order valence-electron chi connectivity index (χ0n) is 18.9. The Morgan fingerprint density at radius 3 is 2.67 bits per heavy atom. The van der Waals surface area contributed by atoms with Crippen molar-refractivity contribution in [3.63, 3.8) is 0 Å². The second-order valence-electron chi connectivity index (χ2n) is 8.60. The zero-order valence-corrected chi connectivity index (χ0v) is 18.9. The molecule has 33 heavy (non-hydrogen) atoms. The summed E-state index contributed by atoms with van der Waals surface area (Å²) in [5, 5.41) is 18.3. The SMILES string of the molecule is O=C(/C=C/c1ccc2c(c1)CCC2N(CCO)CCc1ccc(N2CCOCC2)cc1)NO. The minimum Gasteiger partial charge on any atom is -0.395 e. The number of hydroxylamine groups is 1. The fourth-order valence-electron chi connectivity index (χ4n) is 4.83. The van der Waals surface area contributed by atoms with Gasteiger partial charge in [0, 0.05) is 44.0 Å². The van der Waals surface area contributed by atoms with Gasteiger partial charge >= 0.3 is 0 Å². The molecule has 0 aromatic heterocycles. The number of benzene rings is 2. The van der Waals surface area contributed by atoms with E-state index in [2.05, 4.69) is 46.2 Å². The summed E-state index contributed by atoms with van der Waals surface area (Å²) in [6.07, 6.45) is 5.95. The highest BCUT2D eigenvalue weighted by Crippen LogP contribution is 2.36. The first-order valence-electron chi connectivity index (χ1n) is 11.7. The minimum atomic E-state index is -0.541. The number of nitrogens with zero attached hydrogens (tertiary/aromatic N) is 2. The van der Waals surface area contributed by atoms with E-state index in [1.807, 2.05) is 6.07 Å². The molecule has 1 saturated heterocycles. The highest BCUT2D eigenvalue weighted by molar-refractivity contribution is 5.90. The van der Waals surface area contributed by atoms with Gasteiger partial charge in [-0.2, -0.15) is 0 Å². The molecule has 1 aliphatic heterocycles. The Labute approximate surface area is 195 Å². The molecule has 176 valence electrons. The van der Waals surface area contributed by atoms with Crippen LogP contribution in [-0.4, -0.2) is 67.1 Å². The predicted molar refractivity (Wildman–Crippen MR) is 128 cm³/mol. The molecule has 2 aromatic carbocycles.